The van der Waals surface area contributed by atoms with Crippen molar-refractivity contribution in [1.29, 1.82) is 0 Å². The summed E-state index contributed by atoms with van der Waals surface area (Å²) in [6.07, 6.45) is 1.69. The second-order valence-electron chi connectivity index (χ2n) is 10.8. The molecule has 0 spiro atoms. The van der Waals surface area contributed by atoms with Crippen molar-refractivity contribution in [1.82, 2.24) is 0 Å². The van der Waals surface area contributed by atoms with E-state index in [1.165, 1.54) is 37.0 Å². The van der Waals surface area contributed by atoms with E-state index in [1.807, 2.05) is 0 Å². The van der Waals surface area contributed by atoms with E-state index in [2.05, 4.69) is 14.0 Å². The van der Waals surface area contributed by atoms with Crippen molar-refractivity contribution in [3.63, 3.8) is 0 Å². The fourth-order valence-electron chi connectivity index (χ4n) is 4.65. The summed E-state index contributed by atoms with van der Waals surface area (Å²) in [5.74, 6) is 0. The van der Waals surface area contributed by atoms with E-state index >= 15 is 0 Å². The van der Waals surface area contributed by atoms with Crippen molar-refractivity contribution in [3.05, 3.63) is 0 Å². The number of nitrogens with zero attached hydrogens (tertiary/aromatic N) is 2. The molecule has 292 valence electrons. The highest BCUT2D eigenvalue weighted by Gasteiger charge is 2.82. The van der Waals surface area contributed by atoms with E-state index in [0.717, 1.165) is 7.05 Å². The summed E-state index contributed by atoms with van der Waals surface area (Å²) in [5, 5.41) is 0. The first-order chi connectivity index (χ1) is 20.8. The Morgan fingerprint density at radius 1 is 0.583 bits per heavy atom. The molecule has 2 aliphatic heterocycles. The number of alkyl halides is 12. The number of sulfone groups is 2. The summed E-state index contributed by atoms with van der Waals surface area (Å²) in [6, 6.07) is 0. The maximum atomic E-state index is 13.1. The van der Waals surface area contributed by atoms with Crippen LogP contribution in [0.1, 0.15) is 52.4 Å². The predicted octanol–water partition coefficient (Wildman–Crippen LogP) is 3.90. The molecule has 2 fully saturated rings. The van der Waals surface area contributed by atoms with Gasteiger partial charge in [0, 0.05) is 25.7 Å². The zero-order valence-electron chi connectivity index (χ0n) is 25.4. The third-order valence-electron chi connectivity index (χ3n) is 7.40. The first kappa shape index (κ1) is 48.9. The molecule has 0 aliphatic carbocycles. The van der Waals surface area contributed by atoms with Gasteiger partial charge in [-0.2, -0.15) is 52.7 Å². The highest BCUT2D eigenvalue weighted by Crippen LogP contribution is 2.53. The molecule has 2 heterocycles. The predicted molar refractivity (Wildman–Crippen MR) is 140 cm³/mol. The lowest BCUT2D eigenvalue weighted by atomic mass is 10.3. The molecule has 0 saturated carbocycles. The molecular formula is C20H34F12N2O10S4. The lowest BCUT2D eigenvalue weighted by Gasteiger charge is -2.44. The Labute approximate surface area is 269 Å². The van der Waals surface area contributed by atoms with Crippen molar-refractivity contribution in [2.75, 3.05) is 46.8 Å². The van der Waals surface area contributed by atoms with Gasteiger partial charge >= 0.3 is 45.9 Å². The van der Waals surface area contributed by atoms with E-state index in [4.69, 9.17) is 25.9 Å². The Hall–Kier alpha value is -1.20. The topological polar surface area (TPSA) is 183 Å². The van der Waals surface area contributed by atoms with Crippen LogP contribution in [0.3, 0.4) is 0 Å². The van der Waals surface area contributed by atoms with Crippen molar-refractivity contribution in [3.8, 4) is 0 Å². The Kier molecular flexibility index (Phi) is 16.3. The quantitative estimate of drug-likeness (QED) is 0.165. The highest BCUT2D eigenvalue weighted by molar-refractivity contribution is 8.10. The minimum absolute atomic E-state index is 0.0823. The van der Waals surface area contributed by atoms with Crippen LogP contribution < -0.4 is 0 Å². The number of halogens is 12. The van der Waals surface area contributed by atoms with Crippen molar-refractivity contribution in [2.24, 2.45) is 0 Å². The molecule has 1 atom stereocenters. The van der Waals surface area contributed by atoms with Gasteiger partial charge in [-0.3, -0.25) is 4.48 Å². The molecule has 0 aromatic rings. The van der Waals surface area contributed by atoms with E-state index in [0.29, 0.717) is 6.42 Å². The van der Waals surface area contributed by atoms with E-state index in [9.17, 15) is 69.5 Å². The Morgan fingerprint density at radius 3 is 1.10 bits per heavy atom. The Morgan fingerprint density at radius 2 is 0.896 bits per heavy atom. The normalized spacial score (nSPS) is 22.0. The fraction of sp³-hybridized carbons (Fsp3) is 1.00. The first-order valence-electron chi connectivity index (χ1n) is 13.1. The minimum Gasteiger partial charge on any atom is -0.741 e. The molecule has 0 N–H and O–H groups in total. The Balaban J connectivity index is 0. The minimum atomic E-state index is -6.65. The molecule has 0 aromatic heterocycles. The van der Waals surface area contributed by atoms with Gasteiger partial charge in [0.15, 0.2) is 20.2 Å². The second kappa shape index (κ2) is 16.0. The second-order valence-corrected chi connectivity index (χ2v) is 18.1. The van der Waals surface area contributed by atoms with Crippen LogP contribution >= 0.6 is 0 Å². The van der Waals surface area contributed by atoms with E-state index in [1.54, 1.807) is 6.92 Å². The van der Waals surface area contributed by atoms with Crippen LogP contribution in [0.2, 0.25) is 0 Å². The largest absolute Gasteiger partial charge is 0.741 e. The fourth-order valence-corrected chi connectivity index (χ4v) is 9.45. The van der Waals surface area contributed by atoms with Crippen LogP contribution in [0, 0.1) is 0 Å². The first-order valence-corrected chi connectivity index (χ1v) is 18.9. The average molecular weight is 819 g/mol. The van der Waals surface area contributed by atoms with Gasteiger partial charge in [0.1, 0.15) is 0 Å². The maximum absolute atomic E-state index is 13.1. The molecular weight excluding hydrogens is 784 g/mol. The number of unbranched alkanes of at least 4 members (excludes halogenated alkanes) is 1. The van der Waals surface area contributed by atoms with Gasteiger partial charge in [0.25, 0.3) is 0 Å². The standard InChI is InChI=1S/C11H18F6NO4S2.C7H16N.2CHF3O3S/c1-3-4-7-18(2)8-5-6-9(18,23(19,20)10(12,13)14)24(21,22)11(15,16)17;1-3-8(2)6-4-5-7-8;2*2-1(3,4)8(5,6)7/h3-8H2,1-2H3;3-7H2,1-2H3;2*(H,5,6,7)/q2*+1;;/p-2. The molecule has 48 heavy (non-hydrogen) atoms. The number of likely N-dealkylation sites (tertiary alicyclic amines) is 2. The highest BCUT2D eigenvalue weighted by atomic mass is 32.3. The van der Waals surface area contributed by atoms with Crippen molar-refractivity contribution in [2.45, 2.75) is 78.6 Å². The van der Waals surface area contributed by atoms with E-state index in [-0.39, 0.29) is 12.8 Å². The maximum Gasteiger partial charge on any atom is 0.504 e. The van der Waals surface area contributed by atoms with Crippen molar-refractivity contribution < 1.29 is 104 Å². The van der Waals surface area contributed by atoms with Gasteiger partial charge in [-0.25, -0.2) is 33.7 Å². The average Bonchev–Trinajstić information content (AvgIpc) is 3.45. The van der Waals surface area contributed by atoms with Gasteiger partial charge < -0.3 is 13.6 Å². The van der Waals surface area contributed by atoms with Crippen LogP contribution in [-0.4, -0.2) is 125 Å². The summed E-state index contributed by atoms with van der Waals surface area (Å²) in [7, 11) is -22.3. The Bertz CT molecular complexity index is 1400. The number of hydrogen-bond acceptors (Lipinski definition) is 10. The third kappa shape index (κ3) is 11.4. The molecule has 2 saturated heterocycles. The number of quaternary nitrogens is 2. The smallest absolute Gasteiger partial charge is 0.504 e. The third-order valence-corrected chi connectivity index (χ3v) is 14.0. The summed E-state index contributed by atoms with van der Waals surface area (Å²) in [6.45, 7) is 7.19. The summed E-state index contributed by atoms with van der Waals surface area (Å²) < 4.78 is 240. The SMILES string of the molecule is CCCC[N+]1(C)CCCC1(S(=O)(=O)C(F)(F)F)S(=O)(=O)C(F)(F)F.CC[N+]1(C)CCCC1.O=S(=O)([O-])C(F)(F)F.O=S(=O)([O-])C(F)(F)F. The summed E-state index contributed by atoms with van der Waals surface area (Å²) >= 11 is 0. The summed E-state index contributed by atoms with van der Waals surface area (Å²) in [4.78, 5) is 0. The molecule has 1 unspecified atom stereocenters. The van der Waals surface area contributed by atoms with Gasteiger partial charge in [-0.05, 0) is 13.3 Å². The van der Waals surface area contributed by atoms with E-state index < -0.39 is 90.1 Å². The van der Waals surface area contributed by atoms with Crippen molar-refractivity contribution >= 4 is 39.9 Å². The van der Waals surface area contributed by atoms with Gasteiger partial charge in [-0.15, -0.1) is 0 Å². The lowest BCUT2D eigenvalue weighted by molar-refractivity contribution is -0.918. The van der Waals surface area contributed by atoms with Crippen LogP contribution in [0.25, 0.3) is 0 Å². The molecule has 12 nitrogen and oxygen atoms in total. The molecule has 0 aromatic carbocycles. The summed E-state index contributed by atoms with van der Waals surface area (Å²) in [5.41, 5.74) is -23.5. The molecule has 2 aliphatic rings. The van der Waals surface area contributed by atoms with Crippen LogP contribution in [0.4, 0.5) is 52.7 Å². The zero-order valence-corrected chi connectivity index (χ0v) is 28.7. The number of hydrogen-bond donors (Lipinski definition) is 0. The lowest BCUT2D eigenvalue weighted by Crippen LogP contribution is -2.70. The molecule has 0 amide bonds. The molecule has 28 heteroatoms. The molecule has 0 radical (unpaired) electrons. The molecule has 2 rings (SSSR count). The van der Waals surface area contributed by atoms with Gasteiger partial charge in [0.05, 0.1) is 46.8 Å². The van der Waals surface area contributed by atoms with Crippen LogP contribution in [0.5, 0.6) is 0 Å². The van der Waals surface area contributed by atoms with Crippen LogP contribution in [0.15, 0.2) is 0 Å². The number of rotatable bonds is 6. The van der Waals surface area contributed by atoms with Crippen LogP contribution in [-0.2, 0) is 39.9 Å². The zero-order chi connectivity index (χ0) is 39.3. The molecule has 0 bridgehead atoms. The monoisotopic (exact) mass is 818 g/mol. The van der Waals surface area contributed by atoms with Gasteiger partial charge in [0.2, 0.25) is 0 Å². The van der Waals surface area contributed by atoms with Gasteiger partial charge in [-0.1, -0.05) is 13.3 Å².